The highest BCUT2D eigenvalue weighted by atomic mass is 19.1. The lowest BCUT2D eigenvalue weighted by Crippen LogP contribution is -2.02. The van der Waals surface area contributed by atoms with Crippen LogP contribution in [0.1, 0.15) is 12.5 Å². The van der Waals surface area contributed by atoms with Gasteiger partial charge >= 0.3 is 0 Å². The smallest absolute Gasteiger partial charge is 0.271 e. The molecule has 1 aromatic carbocycles. The van der Waals surface area contributed by atoms with E-state index in [1.54, 1.807) is 10.9 Å². The monoisotopic (exact) mass is 264 g/mol. The van der Waals surface area contributed by atoms with Crippen molar-refractivity contribution in [3.63, 3.8) is 0 Å². The molecular formula is C12H13FN4O2. The molecule has 0 saturated heterocycles. The highest BCUT2D eigenvalue weighted by Gasteiger charge is 2.10. The van der Waals surface area contributed by atoms with Crippen molar-refractivity contribution in [1.29, 1.82) is 0 Å². The van der Waals surface area contributed by atoms with Gasteiger partial charge in [0.2, 0.25) is 0 Å². The molecule has 6 nitrogen and oxygen atoms in total. The summed E-state index contributed by atoms with van der Waals surface area (Å²) in [6, 6.07) is 3.39. The average molecular weight is 264 g/mol. The number of aryl methyl sites for hydroxylation is 1. The van der Waals surface area contributed by atoms with Gasteiger partial charge in [0.1, 0.15) is 5.82 Å². The third kappa shape index (κ3) is 3.06. The van der Waals surface area contributed by atoms with Crippen LogP contribution in [0, 0.1) is 15.9 Å². The number of nitrogens with one attached hydrogen (secondary N) is 1. The minimum absolute atomic E-state index is 0.110. The summed E-state index contributed by atoms with van der Waals surface area (Å²) in [5.41, 5.74) is 0.847. The summed E-state index contributed by atoms with van der Waals surface area (Å²) in [5.74, 6) is -0.520. The van der Waals surface area contributed by atoms with E-state index in [-0.39, 0.29) is 11.4 Å². The molecule has 2 rings (SSSR count). The van der Waals surface area contributed by atoms with E-state index >= 15 is 0 Å². The number of hydrogen-bond donors (Lipinski definition) is 1. The minimum atomic E-state index is -0.556. The number of hydrogen-bond acceptors (Lipinski definition) is 4. The third-order valence-electron chi connectivity index (χ3n) is 2.65. The van der Waals surface area contributed by atoms with Gasteiger partial charge in [-0.05, 0) is 13.0 Å². The molecule has 0 aliphatic heterocycles. The summed E-state index contributed by atoms with van der Waals surface area (Å²) in [7, 11) is 0. The van der Waals surface area contributed by atoms with E-state index in [0.29, 0.717) is 6.54 Å². The Morgan fingerprint density at radius 2 is 2.32 bits per heavy atom. The van der Waals surface area contributed by atoms with Crippen LogP contribution < -0.4 is 5.32 Å². The molecule has 1 aromatic heterocycles. The number of benzene rings is 1. The fourth-order valence-corrected chi connectivity index (χ4v) is 1.63. The molecule has 100 valence electrons. The van der Waals surface area contributed by atoms with Crippen LogP contribution in [0.5, 0.6) is 0 Å². The zero-order chi connectivity index (χ0) is 13.8. The number of nitrogens with zero attached hydrogens (tertiary/aromatic N) is 3. The molecule has 1 heterocycles. The van der Waals surface area contributed by atoms with Crippen molar-refractivity contribution in [2.75, 3.05) is 5.32 Å². The number of rotatable bonds is 5. The van der Waals surface area contributed by atoms with Crippen molar-refractivity contribution < 1.29 is 9.31 Å². The summed E-state index contributed by atoms with van der Waals surface area (Å²) in [6.07, 6.45) is 3.51. The number of non-ortho nitro benzene ring substituents is 1. The highest BCUT2D eigenvalue weighted by molar-refractivity contribution is 5.52. The fourth-order valence-electron chi connectivity index (χ4n) is 1.63. The summed E-state index contributed by atoms with van der Waals surface area (Å²) in [4.78, 5) is 10.1. The molecule has 0 radical (unpaired) electrons. The second kappa shape index (κ2) is 5.47. The molecule has 0 aliphatic rings. The van der Waals surface area contributed by atoms with Gasteiger partial charge in [-0.1, -0.05) is 0 Å². The van der Waals surface area contributed by atoms with Crippen LogP contribution in [0.15, 0.2) is 30.6 Å². The molecule has 0 spiro atoms. The lowest BCUT2D eigenvalue weighted by atomic mass is 10.2. The lowest BCUT2D eigenvalue weighted by molar-refractivity contribution is -0.384. The standard InChI is InChI=1S/C12H13FN4O2/c1-2-16-8-9(7-15-16)6-14-12-5-10(17(18)19)3-4-11(12)13/h3-5,7-8,14H,2,6H2,1H3. The Hall–Kier alpha value is -2.44. The predicted molar refractivity (Wildman–Crippen MR) is 68.3 cm³/mol. The molecule has 7 heteroatoms. The van der Waals surface area contributed by atoms with Crippen LogP contribution in [-0.2, 0) is 13.1 Å². The molecule has 0 amide bonds. The maximum Gasteiger partial charge on any atom is 0.271 e. The summed E-state index contributed by atoms with van der Waals surface area (Å²) >= 11 is 0. The third-order valence-corrected chi connectivity index (χ3v) is 2.65. The largest absolute Gasteiger partial charge is 0.378 e. The van der Waals surface area contributed by atoms with Gasteiger partial charge in [-0.2, -0.15) is 5.10 Å². The van der Waals surface area contributed by atoms with Gasteiger partial charge in [0, 0.05) is 37.0 Å². The Morgan fingerprint density at radius 3 is 2.95 bits per heavy atom. The summed E-state index contributed by atoms with van der Waals surface area (Å²) in [5, 5.41) is 17.5. The first-order valence-corrected chi connectivity index (χ1v) is 5.79. The Morgan fingerprint density at radius 1 is 1.53 bits per heavy atom. The lowest BCUT2D eigenvalue weighted by Gasteiger charge is -2.05. The van der Waals surface area contributed by atoms with Gasteiger partial charge < -0.3 is 5.32 Å². The molecule has 1 N–H and O–H groups in total. The van der Waals surface area contributed by atoms with E-state index in [0.717, 1.165) is 24.2 Å². The van der Waals surface area contributed by atoms with Crippen LogP contribution >= 0.6 is 0 Å². The van der Waals surface area contributed by atoms with E-state index < -0.39 is 10.7 Å². The molecule has 0 atom stereocenters. The second-order valence-electron chi connectivity index (χ2n) is 3.98. The van der Waals surface area contributed by atoms with Gasteiger partial charge in [0.15, 0.2) is 0 Å². The molecule has 0 unspecified atom stereocenters. The number of nitro groups is 1. The Bertz CT molecular complexity index is 597. The normalized spacial score (nSPS) is 10.4. The predicted octanol–water partition coefficient (Wildman–Crippen LogP) is 2.56. The molecule has 0 saturated carbocycles. The van der Waals surface area contributed by atoms with Gasteiger partial charge in [-0.15, -0.1) is 0 Å². The maximum atomic E-state index is 13.5. The second-order valence-corrected chi connectivity index (χ2v) is 3.98. The average Bonchev–Trinajstić information content (AvgIpc) is 2.85. The molecule has 2 aromatic rings. The number of aromatic nitrogens is 2. The summed E-state index contributed by atoms with van der Waals surface area (Å²) < 4.78 is 15.3. The van der Waals surface area contributed by atoms with E-state index in [2.05, 4.69) is 10.4 Å². The van der Waals surface area contributed by atoms with Crippen molar-refractivity contribution >= 4 is 11.4 Å². The number of halogens is 1. The zero-order valence-corrected chi connectivity index (χ0v) is 10.3. The van der Waals surface area contributed by atoms with Gasteiger partial charge in [-0.25, -0.2) is 4.39 Å². The van der Waals surface area contributed by atoms with Crippen molar-refractivity contribution in [2.45, 2.75) is 20.0 Å². The quantitative estimate of drug-likeness (QED) is 0.665. The minimum Gasteiger partial charge on any atom is -0.378 e. The SMILES string of the molecule is CCn1cc(CNc2cc([N+](=O)[O-])ccc2F)cn1. The van der Waals surface area contributed by atoms with E-state index in [4.69, 9.17) is 0 Å². The van der Waals surface area contributed by atoms with Crippen molar-refractivity contribution in [2.24, 2.45) is 0 Å². The van der Waals surface area contributed by atoms with Crippen LogP contribution in [0.25, 0.3) is 0 Å². The van der Waals surface area contributed by atoms with E-state index in [9.17, 15) is 14.5 Å². The highest BCUT2D eigenvalue weighted by Crippen LogP contribution is 2.21. The van der Waals surface area contributed by atoms with Gasteiger partial charge in [0.05, 0.1) is 16.8 Å². The fraction of sp³-hybridized carbons (Fsp3) is 0.250. The van der Waals surface area contributed by atoms with Gasteiger partial charge in [-0.3, -0.25) is 14.8 Å². The molecule has 19 heavy (non-hydrogen) atoms. The van der Waals surface area contributed by atoms with E-state index in [1.807, 2.05) is 13.1 Å². The Kier molecular flexibility index (Phi) is 3.74. The molecular weight excluding hydrogens is 251 g/mol. The zero-order valence-electron chi connectivity index (χ0n) is 10.3. The molecule has 0 bridgehead atoms. The first kappa shape index (κ1) is 13.0. The maximum absolute atomic E-state index is 13.5. The van der Waals surface area contributed by atoms with Crippen molar-refractivity contribution in [1.82, 2.24) is 9.78 Å². The van der Waals surface area contributed by atoms with Crippen molar-refractivity contribution in [3.05, 3.63) is 52.1 Å². The van der Waals surface area contributed by atoms with Gasteiger partial charge in [0.25, 0.3) is 5.69 Å². The van der Waals surface area contributed by atoms with Crippen LogP contribution in [0.3, 0.4) is 0 Å². The van der Waals surface area contributed by atoms with Crippen LogP contribution in [-0.4, -0.2) is 14.7 Å². The molecule has 0 aliphatic carbocycles. The van der Waals surface area contributed by atoms with Crippen molar-refractivity contribution in [3.8, 4) is 0 Å². The number of anilines is 1. The topological polar surface area (TPSA) is 73.0 Å². The Balaban J connectivity index is 2.10. The molecule has 0 fully saturated rings. The van der Waals surface area contributed by atoms with Crippen LogP contribution in [0.4, 0.5) is 15.8 Å². The first-order chi connectivity index (χ1) is 9.10. The van der Waals surface area contributed by atoms with Crippen LogP contribution in [0.2, 0.25) is 0 Å². The first-order valence-electron chi connectivity index (χ1n) is 5.79. The number of nitro benzene ring substituents is 1. The van der Waals surface area contributed by atoms with E-state index in [1.165, 1.54) is 6.07 Å². The summed E-state index contributed by atoms with van der Waals surface area (Å²) in [6.45, 7) is 3.08. The Labute approximate surface area is 109 Å².